The van der Waals surface area contributed by atoms with Crippen molar-refractivity contribution < 1.29 is 18.3 Å². The maximum Gasteiger partial charge on any atom is 0.204 e. The van der Waals surface area contributed by atoms with Crippen molar-refractivity contribution in [3.8, 4) is 11.5 Å². The van der Waals surface area contributed by atoms with Crippen molar-refractivity contribution >= 4 is 0 Å². The molecule has 0 aromatic heterocycles. The second kappa shape index (κ2) is 5.17. The third-order valence-electron chi connectivity index (χ3n) is 2.48. The molecule has 0 N–H and O–H groups in total. The lowest BCUT2D eigenvalue weighted by atomic mass is 10.2. The van der Waals surface area contributed by atoms with E-state index in [1.165, 1.54) is 12.1 Å². The van der Waals surface area contributed by atoms with Crippen LogP contribution < -0.4 is 9.47 Å². The van der Waals surface area contributed by atoms with Crippen LogP contribution in [-0.4, -0.2) is 13.2 Å². The minimum absolute atomic E-state index is 0.0633. The third-order valence-corrected chi connectivity index (χ3v) is 2.48. The zero-order chi connectivity index (χ0) is 12.3. The Morgan fingerprint density at radius 2 is 1.65 bits per heavy atom. The third kappa shape index (κ3) is 2.96. The van der Waals surface area contributed by atoms with Crippen molar-refractivity contribution in [3.63, 3.8) is 0 Å². The zero-order valence-corrected chi connectivity index (χ0v) is 9.58. The predicted octanol–water partition coefficient (Wildman–Crippen LogP) is 3.32. The number of halogens is 2. The Balaban J connectivity index is 1.98. The van der Waals surface area contributed by atoms with Gasteiger partial charge in [-0.15, -0.1) is 0 Å². The molecule has 0 fully saturated rings. The first kappa shape index (κ1) is 11.9. The molecule has 17 heavy (non-hydrogen) atoms. The van der Waals surface area contributed by atoms with Crippen molar-refractivity contribution in [1.82, 2.24) is 0 Å². The van der Waals surface area contributed by atoms with Gasteiger partial charge in [-0.05, 0) is 31.4 Å². The van der Waals surface area contributed by atoms with Gasteiger partial charge in [-0.2, -0.15) is 8.78 Å². The highest BCUT2D eigenvalue weighted by molar-refractivity contribution is 5.35. The highest BCUT2D eigenvalue weighted by atomic mass is 19.2. The van der Waals surface area contributed by atoms with Gasteiger partial charge in [-0.3, -0.25) is 0 Å². The molecule has 1 aromatic carbocycles. The Morgan fingerprint density at radius 1 is 1.06 bits per heavy atom. The molecule has 2 rings (SSSR count). The number of hydrogen-bond donors (Lipinski definition) is 0. The average Bonchev–Trinajstić information content (AvgIpc) is 3.12. The Labute approximate surface area is 98.8 Å². The Hall–Kier alpha value is -1.58. The van der Waals surface area contributed by atoms with Gasteiger partial charge in [-0.1, -0.05) is 12.2 Å². The molecule has 0 spiro atoms. The van der Waals surface area contributed by atoms with Crippen molar-refractivity contribution in [2.24, 2.45) is 5.92 Å². The molecule has 0 amide bonds. The monoisotopic (exact) mass is 240 g/mol. The normalized spacial score (nSPS) is 13.8. The quantitative estimate of drug-likeness (QED) is 0.710. The molecule has 1 aliphatic rings. The fourth-order valence-electron chi connectivity index (χ4n) is 1.47. The van der Waals surface area contributed by atoms with Crippen molar-refractivity contribution in [3.05, 3.63) is 35.9 Å². The standard InChI is InChI=1S/C13H14F2O2/c1-2-16-10-5-6-11(13(15)12(10)14)17-8-7-9-3-4-9/h3-6,9H,2,7-8H2,1H3. The summed E-state index contributed by atoms with van der Waals surface area (Å²) in [4.78, 5) is 0. The first-order valence-corrected chi connectivity index (χ1v) is 5.64. The minimum atomic E-state index is -0.992. The molecule has 0 radical (unpaired) electrons. The maximum absolute atomic E-state index is 13.5. The van der Waals surface area contributed by atoms with Gasteiger partial charge >= 0.3 is 0 Å². The summed E-state index contributed by atoms with van der Waals surface area (Å²) >= 11 is 0. The molecule has 1 aliphatic carbocycles. The van der Waals surface area contributed by atoms with Crippen LogP contribution in [0.25, 0.3) is 0 Å². The van der Waals surface area contributed by atoms with Crippen molar-refractivity contribution in [2.75, 3.05) is 13.2 Å². The highest BCUT2D eigenvalue weighted by Gasteiger charge is 2.16. The summed E-state index contributed by atoms with van der Waals surface area (Å²) in [6.07, 6.45) is 4.88. The summed E-state index contributed by atoms with van der Waals surface area (Å²) in [6.45, 7) is 2.39. The lowest BCUT2D eigenvalue weighted by Crippen LogP contribution is -2.03. The van der Waals surface area contributed by atoms with Gasteiger partial charge < -0.3 is 9.47 Å². The average molecular weight is 240 g/mol. The van der Waals surface area contributed by atoms with E-state index in [2.05, 4.69) is 0 Å². The van der Waals surface area contributed by atoms with Crippen molar-refractivity contribution in [1.29, 1.82) is 0 Å². The molecule has 92 valence electrons. The summed E-state index contributed by atoms with van der Waals surface area (Å²) in [7, 11) is 0. The molecule has 0 bridgehead atoms. The van der Waals surface area contributed by atoms with Crippen molar-refractivity contribution in [2.45, 2.75) is 13.3 Å². The zero-order valence-electron chi connectivity index (χ0n) is 9.58. The van der Waals surface area contributed by atoms with Gasteiger partial charge in [0.15, 0.2) is 11.5 Å². The van der Waals surface area contributed by atoms with Crippen LogP contribution in [0.1, 0.15) is 13.3 Å². The van der Waals surface area contributed by atoms with E-state index in [-0.39, 0.29) is 11.5 Å². The van der Waals surface area contributed by atoms with E-state index >= 15 is 0 Å². The van der Waals surface area contributed by atoms with Crippen LogP contribution in [0.2, 0.25) is 0 Å². The number of ether oxygens (including phenoxy) is 2. The van der Waals surface area contributed by atoms with E-state index in [0.29, 0.717) is 19.1 Å². The lowest BCUT2D eigenvalue weighted by Gasteiger charge is -2.10. The molecule has 4 heteroatoms. The summed E-state index contributed by atoms with van der Waals surface area (Å²) < 4.78 is 37.1. The fraction of sp³-hybridized carbons (Fsp3) is 0.385. The highest BCUT2D eigenvalue weighted by Crippen LogP contribution is 2.28. The number of hydrogen-bond acceptors (Lipinski definition) is 2. The molecule has 0 saturated carbocycles. The SMILES string of the molecule is CCOc1ccc(OCCC2C=C2)c(F)c1F. The van der Waals surface area contributed by atoms with Gasteiger partial charge in [0.05, 0.1) is 13.2 Å². The summed E-state index contributed by atoms with van der Waals surface area (Å²) in [5.41, 5.74) is 0. The molecular formula is C13H14F2O2. The fourth-order valence-corrected chi connectivity index (χ4v) is 1.47. The summed E-state index contributed by atoms with van der Waals surface area (Å²) in [5, 5.41) is 0. The molecule has 0 heterocycles. The van der Waals surface area contributed by atoms with Crippen LogP contribution >= 0.6 is 0 Å². The minimum Gasteiger partial charge on any atom is -0.491 e. The van der Waals surface area contributed by atoms with Crippen LogP contribution in [0, 0.1) is 17.6 Å². The topological polar surface area (TPSA) is 18.5 Å². The first-order chi connectivity index (χ1) is 8.22. The van der Waals surface area contributed by atoms with E-state index in [4.69, 9.17) is 9.47 Å². The van der Waals surface area contributed by atoms with Crippen LogP contribution in [0.4, 0.5) is 8.78 Å². The Kier molecular flexibility index (Phi) is 3.61. The molecule has 0 atom stereocenters. The second-order valence-corrected chi connectivity index (χ2v) is 3.81. The predicted molar refractivity (Wildman–Crippen MR) is 60.3 cm³/mol. The van der Waals surface area contributed by atoms with E-state index < -0.39 is 11.6 Å². The molecule has 0 saturated heterocycles. The van der Waals surface area contributed by atoms with E-state index in [0.717, 1.165) is 6.42 Å². The molecule has 1 aromatic rings. The number of allylic oxidation sites excluding steroid dienone is 2. The number of rotatable bonds is 6. The molecule has 0 unspecified atom stereocenters. The van der Waals surface area contributed by atoms with Gasteiger partial charge in [0, 0.05) is 0 Å². The summed E-state index contributed by atoms with van der Waals surface area (Å²) in [6, 6.07) is 2.77. The smallest absolute Gasteiger partial charge is 0.204 e. The van der Waals surface area contributed by atoms with Crippen LogP contribution in [0.3, 0.4) is 0 Å². The molecule has 0 aliphatic heterocycles. The Bertz CT molecular complexity index is 424. The largest absolute Gasteiger partial charge is 0.491 e. The summed E-state index contributed by atoms with van der Waals surface area (Å²) in [5.74, 6) is -1.66. The Morgan fingerprint density at radius 3 is 2.18 bits per heavy atom. The van der Waals surface area contributed by atoms with Gasteiger partial charge in [-0.25, -0.2) is 0 Å². The van der Waals surface area contributed by atoms with Gasteiger partial charge in [0.2, 0.25) is 11.6 Å². The second-order valence-electron chi connectivity index (χ2n) is 3.81. The number of benzene rings is 1. The van der Waals surface area contributed by atoms with Crippen LogP contribution in [-0.2, 0) is 0 Å². The van der Waals surface area contributed by atoms with E-state index in [1.807, 2.05) is 12.2 Å². The van der Waals surface area contributed by atoms with Gasteiger partial charge in [0.1, 0.15) is 0 Å². The first-order valence-electron chi connectivity index (χ1n) is 5.64. The van der Waals surface area contributed by atoms with Gasteiger partial charge in [0.25, 0.3) is 0 Å². The van der Waals surface area contributed by atoms with Crippen LogP contribution in [0.15, 0.2) is 24.3 Å². The lowest BCUT2D eigenvalue weighted by molar-refractivity contribution is 0.275. The maximum atomic E-state index is 13.5. The van der Waals surface area contributed by atoms with E-state index in [9.17, 15) is 8.78 Å². The van der Waals surface area contributed by atoms with E-state index in [1.54, 1.807) is 6.92 Å². The molecular weight excluding hydrogens is 226 g/mol. The molecule has 2 nitrogen and oxygen atoms in total. The van der Waals surface area contributed by atoms with Crippen LogP contribution in [0.5, 0.6) is 11.5 Å².